The minimum atomic E-state index is 0.486. The third-order valence-corrected chi connectivity index (χ3v) is 4.31. The average Bonchev–Trinajstić information content (AvgIpc) is 2.44. The van der Waals surface area contributed by atoms with Crippen molar-refractivity contribution in [1.29, 1.82) is 0 Å². The van der Waals surface area contributed by atoms with Gasteiger partial charge in [0.1, 0.15) is 12.4 Å². The second-order valence-electron chi connectivity index (χ2n) is 4.85. The van der Waals surface area contributed by atoms with E-state index in [4.69, 9.17) is 4.74 Å². The van der Waals surface area contributed by atoms with Crippen LogP contribution in [0.5, 0.6) is 5.75 Å². The van der Waals surface area contributed by atoms with Crippen molar-refractivity contribution in [3.63, 3.8) is 0 Å². The standard InChI is InChI=1S/C16H19BrN2O/c1-11-6-15(7-12(2)16(11)17)20-10-14-5-4-13(8-18-3)9-19-14/h4-7,9,18H,8,10H2,1-3H3. The van der Waals surface area contributed by atoms with E-state index < -0.39 is 0 Å². The molecule has 0 aliphatic carbocycles. The maximum Gasteiger partial charge on any atom is 0.130 e. The smallest absolute Gasteiger partial charge is 0.130 e. The van der Waals surface area contributed by atoms with Gasteiger partial charge in [-0.3, -0.25) is 4.98 Å². The van der Waals surface area contributed by atoms with Gasteiger partial charge in [-0.2, -0.15) is 0 Å². The fraction of sp³-hybridized carbons (Fsp3) is 0.312. The van der Waals surface area contributed by atoms with Crippen LogP contribution in [0, 0.1) is 13.8 Å². The predicted octanol–water partition coefficient (Wildman–Crippen LogP) is 3.76. The van der Waals surface area contributed by atoms with E-state index in [0.717, 1.165) is 22.5 Å². The fourth-order valence-electron chi connectivity index (χ4n) is 2.00. The Morgan fingerprint density at radius 3 is 2.45 bits per heavy atom. The first-order chi connectivity index (χ1) is 9.60. The van der Waals surface area contributed by atoms with E-state index >= 15 is 0 Å². The summed E-state index contributed by atoms with van der Waals surface area (Å²) >= 11 is 3.56. The number of nitrogens with zero attached hydrogens (tertiary/aromatic N) is 1. The number of halogens is 1. The molecule has 106 valence electrons. The molecule has 0 saturated heterocycles. The molecular formula is C16H19BrN2O. The Kier molecular flexibility index (Phi) is 5.15. The lowest BCUT2D eigenvalue weighted by molar-refractivity contribution is 0.301. The zero-order chi connectivity index (χ0) is 14.5. The second-order valence-corrected chi connectivity index (χ2v) is 5.64. The highest BCUT2D eigenvalue weighted by Gasteiger charge is 2.04. The third kappa shape index (κ3) is 3.81. The van der Waals surface area contributed by atoms with Crippen LogP contribution in [0.2, 0.25) is 0 Å². The van der Waals surface area contributed by atoms with Crippen LogP contribution < -0.4 is 10.1 Å². The van der Waals surface area contributed by atoms with Gasteiger partial charge in [0.15, 0.2) is 0 Å². The molecule has 0 atom stereocenters. The highest BCUT2D eigenvalue weighted by atomic mass is 79.9. The van der Waals surface area contributed by atoms with E-state index in [0.29, 0.717) is 6.61 Å². The lowest BCUT2D eigenvalue weighted by atomic mass is 10.1. The molecule has 3 nitrogen and oxygen atoms in total. The Balaban J connectivity index is 2.01. The Hall–Kier alpha value is -1.39. The summed E-state index contributed by atoms with van der Waals surface area (Å²) in [6.07, 6.45) is 1.88. The minimum Gasteiger partial charge on any atom is -0.487 e. The summed E-state index contributed by atoms with van der Waals surface area (Å²) in [4.78, 5) is 4.40. The molecule has 0 amide bonds. The van der Waals surface area contributed by atoms with Gasteiger partial charge in [-0.1, -0.05) is 22.0 Å². The molecule has 1 heterocycles. The van der Waals surface area contributed by atoms with Gasteiger partial charge in [0.05, 0.1) is 5.69 Å². The van der Waals surface area contributed by atoms with Gasteiger partial charge < -0.3 is 10.1 Å². The summed E-state index contributed by atoms with van der Waals surface area (Å²) in [6.45, 7) is 5.45. The lowest BCUT2D eigenvalue weighted by Gasteiger charge is -2.10. The highest BCUT2D eigenvalue weighted by molar-refractivity contribution is 9.10. The Morgan fingerprint density at radius 2 is 1.90 bits per heavy atom. The number of nitrogens with one attached hydrogen (secondary N) is 1. The van der Waals surface area contributed by atoms with E-state index in [2.05, 4.69) is 46.1 Å². The number of aromatic nitrogens is 1. The quantitative estimate of drug-likeness (QED) is 0.903. The molecule has 20 heavy (non-hydrogen) atoms. The topological polar surface area (TPSA) is 34.1 Å². The summed E-state index contributed by atoms with van der Waals surface area (Å²) in [5.74, 6) is 0.879. The monoisotopic (exact) mass is 334 g/mol. The van der Waals surface area contributed by atoms with E-state index in [1.807, 2.05) is 31.4 Å². The Bertz CT molecular complexity index is 559. The summed E-state index contributed by atoms with van der Waals surface area (Å²) in [5, 5.41) is 3.10. The third-order valence-electron chi connectivity index (χ3n) is 3.06. The first kappa shape index (κ1) is 15.0. The second kappa shape index (κ2) is 6.86. The van der Waals surface area contributed by atoms with E-state index in [1.54, 1.807) is 0 Å². The molecule has 0 aliphatic rings. The van der Waals surface area contributed by atoms with E-state index in [-0.39, 0.29) is 0 Å². The molecule has 0 aliphatic heterocycles. The molecule has 0 spiro atoms. The highest BCUT2D eigenvalue weighted by Crippen LogP contribution is 2.26. The van der Waals surface area contributed by atoms with Gasteiger partial charge in [0.2, 0.25) is 0 Å². The van der Waals surface area contributed by atoms with Gasteiger partial charge in [0.25, 0.3) is 0 Å². The molecule has 0 radical (unpaired) electrons. The molecule has 0 fully saturated rings. The number of rotatable bonds is 5. The van der Waals surface area contributed by atoms with Crippen LogP contribution in [0.1, 0.15) is 22.4 Å². The Labute approximate surface area is 128 Å². The largest absolute Gasteiger partial charge is 0.487 e. The molecule has 1 aromatic heterocycles. The first-order valence-corrected chi connectivity index (χ1v) is 7.37. The van der Waals surface area contributed by atoms with Gasteiger partial charge in [0, 0.05) is 17.2 Å². The number of benzene rings is 1. The molecule has 2 rings (SSSR count). The van der Waals surface area contributed by atoms with Crippen molar-refractivity contribution in [3.05, 3.63) is 57.3 Å². The van der Waals surface area contributed by atoms with Crippen molar-refractivity contribution in [1.82, 2.24) is 10.3 Å². The molecule has 1 aromatic carbocycles. The van der Waals surface area contributed by atoms with Crippen molar-refractivity contribution in [2.75, 3.05) is 7.05 Å². The molecular weight excluding hydrogens is 316 g/mol. The van der Waals surface area contributed by atoms with Crippen LogP contribution in [0.4, 0.5) is 0 Å². The summed E-state index contributed by atoms with van der Waals surface area (Å²) < 4.78 is 6.95. The maximum absolute atomic E-state index is 5.81. The first-order valence-electron chi connectivity index (χ1n) is 6.58. The maximum atomic E-state index is 5.81. The summed E-state index contributed by atoms with van der Waals surface area (Å²) in [5.41, 5.74) is 4.46. The van der Waals surface area contributed by atoms with E-state index in [9.17, 15) is 0 Å². The number of pyridine rings is 1. The lowest BCUT2D eigenvalue weighted by Crippen LogP contribution is -2.06. The van der Waals surface area contributed by atoms with Crippen LogP contribution in [0.15, 0.2) is 34.9 Å². The van der Waals surface area contributed by atoms with Gasteiger partial charge in [-0.25, -0.2) is 0 Å². The van der Waals surface area contributed by atoms with Crippen LogP contribution in [-0.2, 0) is 13.2 Å². The van der Waals surface area contributed by atoms with Crippen molar-refractivity contribution in [2.45, 2.75) is 27.0 Å². The molecule has 0 unspecified atom stereocenters. The van der Waals surface area contributed by atoms with Gasteiger partial charge in [-0.15, -0.1) is 0 Å². The van der Waals surface area contributed by atoms with Gasteiger partial charge in [-0.05, 0) is 55.8 Å². The van der Waals surface area contributed by atoms with Crippen molar-refractivity contribution < 1.29 is 4.74 Å². The van der Waals surface area contributed by atoms with Crippen molar-refractivity contribution >= 4 is 15.9 Å². The van der Waals surface area contributed by atoms with Crippen LogP contribution in [-0.4, -0.2) is 12.0 Å². The van der Waals surface area contributed by atoms with Crippen molar-refractivity contribution in [3.8, 4) is 5.75 Å². The molecule has 0 saturated carbocycles. The number of hydrogen-bond acceptors (Lipinski definition) is 3. The zero-order valence-corrected chi connectivity index (χ0v) is 13.6. The fourth-order valence-corrected chi connectivity index (χ4v) is 2.22. The van der Waals surface area contributed by atoms with Crippen LogP contribution in [0.25, 0.3) is 0 Å². The predicted molar refractivity (Wildman–Crippen MR) is 84.9 cm³/mol. The molecule has 0 bridgehead atoms. The normalized spacial score (nSPS) is 10.6. The van der Waals surface area contributed by atoms with E-state index in [1.165, 1.54) is 16.7 Å². The molecule has 4 heteroatoms. The zero-order valence-electron chi connectivity index (χ0n) is 12.0. The number of aryl methyl sites for hydroxylation is 2. The van der Waals surface area contributed by atoms with Crippen LogP contribution in [0.3, 0.4) is 0 Å². The molecule has 2 aromatic rings. The number of hydrogen-bond donors (Lipinski definition) is 1. The average molecular weight is 335 g/mol. The van der Waals surface area contributed by atoms with Crippen LogP contribution >= 0.6 is 15.9 Å². The van der Waals surface area contributed by atoms with Gasteiger partial charge >= 0.3 is 0 Å². The minimum absolute atomic E-state index is 0.486. The molecule has 1 N–H and O–H groups in total. The SMILES string of the molecule is CNCc1ccc(COc2cc(C)c(Br)c(C)c2)nc1. The van der Waals surface area contributed by atoms with Crippen molar-refractivity contribution in [2.24, 2.45) is 0 Å². The Morgan fingerprint density at radius 1 is 1.20 bits per heavy atom. The summed E-state index contributed by atoms with van der Waals surface area (Å²) in [7, 11) is 1.93. The number of ether oxygens (including phenoxy) is 1. The summed E-state index contributed by atoms with van der Waals surface area (Å²) in [6, 6.07) is 8.14.